The van der Waals surface area contributed by atoms with Gasteiger partial charge in [0, 0.05) is 18.3 Å². The van der Waals surface area contributed by atoms with Crippen LogP contribution in [0.3, 0.4) is 0 Å². The van der Waals surface area contributed by atoms with Crippen LogP contribution in [-0.2, 0) is 0 Å². The fourth-order valence-electron chi connectivity index (χ4n) is 5.86. The van der Waals surface area contributed by atoms with E-state index in [2.05, 4.69) is 10.6 Å². The molecule has 5 nitrogen and oxygen atoms in total. The van der Waals surface area contributed by atoms with E-state index in [0.29, 0.717) is 22.6 Å². The van der Waals surface area contributed by atoms with Crippen molar-refractivity contribution in [3.63, 3.8) is 0 Å². The Balaban J connectivity index is 1.35. The number of benzene rings is 1. The molecule has 1 aromatic carbocycles. The lowest BCUT2D eigenvalue weighted by molar-refractivity contribution is -0.0496. The second kappa shape index (κ2) is 6.43. The maximum Gasteiger partial charge on any atom is 0.319 e. The molecule has 2 amide bonds. The molecular weight excluding hydrogens is 316 g/mol. The molecule has 0 radical (unpaired) electrons. The molecule has 0 heterocycles. The predicted octanol–water partition coefficient (Wildman–Crippen LogP) is 4.04. The van der Waals surface area contributed by atoms with Crippen LogP contribution in [0.4, 0.5) is 10.5 Å². The van der Waals surface area contributed by atoms with Crippen molar-refractivity contribution in [2.45, 2.75) is 38.5 Å². The lowest BCUT2D eigenvalue weighted by Gasteiger charge is -2.56. The Morgan fingerprint density at radius 1 is 1.04 bits per heavy atom. The molecule has 1 aromatic rings. The van der Waals surface area contributed by atoms with Crippen molar-refractivity contribution >= 4 is 11.7 Å². The topological polar surface area (TPSA) is 59.6 Å². The van der Waals surface area contributed by atoms with Gasteiger partial charge in [0.2, 0.25) is 0 Å². The maximum atomic E-state index is 12.4. The molecule has 25 heavy (non-hydrogen) atoms. The summed E-state index contributed by atoms with van der Waals surface area (Å²) in [6, 6.07) is 5.27. The lowest BCUT2D eigenvalue weighted by atomic mass is 9.49. The van der Waals surface area contributed by atoms with Crippen LogP contribution in [-0.4, -0.2) is 26.8 Å². The van der Waals surface area contributed by atoms with Crippen LogP contribution in [0.5, 0.6) is 11.5 Å². The van der Waals surface area contributed by atoms with Gasteiger partial charge in [0.05, 0.1) is 14.2 Å². The van der Waals surface area contributed by atoms with E-state index >= 15 is 0 Å². The van der Waals surface area contributed by atoms with Gasteiger partial charge >= 0.3 is 6.03 Å². The molecule has 4 fully saturated rings. The summed E-state index contributed by atoms with van der Waals surface area (Å²) in [5.74, 6) is 3.98. The number of anilines is 1. The zero-order valence-electron chi connectivity index (χ0n) is 15.1. The quantitative estimate of drug-likeness (QED) is 0.847. The number of rotatable bonds is 5. The van der Waals surface area contributed by atoms with Crippen molar-refractivity contribution in [2.24, 2.45) is 23.2 Å². The molecule has 4 saturated carbocycles. The van der Waals surface area contributed by atoms with E-state index in [-0.39, 0.29) is 6.03 Å². The van der Waals surface area contributed by atoms with Crippen LogP contribution in [0.15, 0.2) is 18.2 Å². The number of hydrogen-bond acceptors (Lipinski definition) is 3. The number of carbonyl (C=O) groups is 1. The maximum absolute atomic E-state index is 12.4. The monoisotopic (exact) mass is 344 g/mol. The fourth-order valence-corrected chi connectivity index (χ4v) is 5.86. The van der Waals surface area contributed by atoms with Crippen molar-refractivity contribution in [1.82, 2.24) is 5.32 Å². The molecule has 0 aliphatic heterocycles. The molecule has 0 atom stereocenters. The second-order valence-electron chi connectivity index (χ2n) is 8.29. The smallest absolute Gasteiger partial charge is 0.319 e. The van der Waals surface area contributed by atoms with Crippen LogP contribution in [0.25, 0.3) is 0 Å². The minimum Gasteiger partial charge on any atom is -0.493 e. The summed E-state index contributed by atoms with van der Waals surface area (Å²) in [5.41, 5.74) is 1.06. The van der Waals surface area contributed by atoms with Crippen molar-refractivity contribution in [1.29, 1.82) is 0 Å². The van der Waals surface area contributed by atoms with Crippen molar-refractivity contribution in [3.05, 3.63) is 18.2 Å². The summed E-state index contributed by atoms with van der Waals surface area (Å²) in [7, 11) is 3.19. The average Bonchev–Trinajstić information content (AvgIpc) is 2.59. The summed E-state index contributed by atoms with van der Waals surface area (Å²) in [5, 5.41) is 6.05. The minimum absolute atomic E-state index is 0.136. The number of carbonyl (C=O) groups excluding carboxylic acids is 1. The number of hydrogen-bond donors (Lipinski definition) is 2. The molecule has 0 spiro atoms. The zero-order valence-corrected chi connectivity index (χ0v) is 15.1. The van der Waals surface area contributed by atoms with Crippen molar-refractivity contribution in [3.8, 4) is 11.5 Å². The van der Waals surface area contributed by atoms with E-state index in [9.17, 15) is 4.79 Å². The second-order valence-corrected chi connectivity index (χ2v) is 8.29. The van der Waals surface area contributed by atoms with Gasteiger partial charge in [-0.05, 0) is 73.8 Å². The fraction of sp³-hybridized carbons (Fsp3) is 0.650. The van der Waals surface area contributed by atoms with E-state index in [1.807, 2.05) is 6.07 Å². The molecule has 5 rings (SSSR count). The normalized spacial score (nSPS) is 32.3. The van der Waals surface area contributed by atoms with Crippen LogP contribution in [0.1, 0.15) is 38.5 Å². The molecule has 2 N–H and O–H groups in total. The van der Waals surface area contributed by atoms with Crippen LogP contribution in [0.2, 0.25) is 0 Å². The molecule has 4 aliphatic rings. The largest absolute Gasteiger partial charge is 0.493 e. The van der Waals surface area contributed by atoms with Crippen LogP contribution in [0, 0.1) is 23.2 Å². The van der Waals surface area contributed by atoms with E-state index in [1.165, 1.54) is 38.5 Å². The van der Waals surface area contributed by atoms with E-state index in [0.717, 1.165) is 24.3 Å². The zero-order chi connectivity index (χ0) is 17.4. The molecule has 4 bridgehead atoms. The van der Waals surface area contributed by atoms with Gasteiger partial charge in [0.25, 0.3) is 0 Å². The first-order valence-corrected chi connectivity index (χ1v) is 9.36. The number of urea groups is 1. The predicted molar refractivity (Wildman–Crippen MR) is 97.2 cm³/mol. The molecule has 5 heteroatoms. The first-order chi connectivity index (χ1) is 12.1. The Hall–Kier alpha value is -1.91. The number of methoxy groups -OCH3 is 2. The summed E-state index contributed by atoms with van der Waals surface area (Å²) in [4.78, 5) is 12.4. The van der Waals surface area contributed by atoms with Gasteiger partial charge in [-0.2, -0.15) is 0 Å². The van der Waals surface area contributed by atoms with Crippen molar-refractivity contribution in [2.75, 3.05) is 26.1 Å². The Morgan fingerprint density at radius 3 is 2.20 bits per heavy atom. The summed E-state index contributed by atoms with van der Waals surface area (Å²) in [6.45, 7) is 0.801. The first kappa shape index (κ1) is 16.6. The van der Waals surface area contributed by atoms with Gasteiger partial charge in [-0.1, -0.05) is 0 Å². The van der Waals surface area contributed by atoms with Gasteiger partial charge in [0.1, 0.15) is 0 Å². The van der Waals surface area contributed by atoms with E-state index in [1.54, 1.807) is 26.4 Å². The molecular formula is C20H28N2O3. The van der Waals surface area contributed by atoms with E-state index in [4.69, 9.17) is 9.47 Å². The molecule has 0 aromatic heterocycles. The van der Waals surface area contributed by atoms with Gasteiger partial charge in [-0.15, -0.1) is 0 Å². The van der Waals surface area contributed by atoms with Gasteiger partial charge in [-0.25, -0.2) is 4.79 Å². The Bertz CT molecular complexity index is 623. The molecule has 0 saturated heterocycles. The Morgan fingerprint density at radius 2 is 1.64 bits per heavy atom. The van der Waals surface area contributed by atoms with Gasteiger partial charge in [0.15, 0.2) is 11.5 Å². The highest BCUT2D eigenvalue weighted by Crippen LogP contribution is 2.59. The summed E-state index contributed by atoms with van der Waals surface area (Å²) < 4.78 is 10.5. The molecule has 136 valence electrons. The van der Waals surface area contributed by atoms with Crippen molar-refractivity contribution < 1.29 is 14.3 Å². The number of nitrogens with one attached hydrogen (secondary N) is 2. The Kier molecular flexibility index (Phi) is 4.26. The SMILES string of the molecule is COc1ccc(NC(=O)NCC23CC4CC(CC(C4)C2)C3)cc1OC. The molecule has 4 aliphatic carbocycles. The van der Waals surface area contributed by atoms with Crippen LogP contribution < -0.4 is 20.1 Å². The highest BCUT2D eigenvalue weighted by atomic mass is 16.5. The van der Waals surface area contributed by atoms with Crippen LogP contribution >= 0.6 is 0 Å². The standard InChI is InChI=1S/C20H28N2O3/c1-24-17-4-3-16(8-18(17)25-2)22-19(23)21-12-20-9-13-5-14(10-20)7-15(6-13)11-20/h3-4,8,13-15H,5-7,9-12H2,1-2H3,(H2,21,22,23). The molecule has 0 unspecified atom stereocenters. The lowest BCUT2D eigenvalue weighted by Crippen LogP contribution is -2.51. The number of amides is 2. The first-order valence-electron chi connectivity index (χ1n) is 9.36. The Labute approximate surface area is 149 Å². The highest BCUT2D eigenvalue weighted by molar-refractivity contribution is 5.89. The highest BCUT2D eigenvalue weighted by Gasteiger charge is 2.50. The third-order valence-electron chi connectivity index (χ3n) is 6.43. The average molecular weight is 344 g/mol. The number of ether oxygens (including phenoxy) is 2. The third kappa shape index (κ3) is 3.29. The van der Waals surface area contributed by atoms with Gasteiger partial charge in [-0.3, -0.25) is 0 Å². The summed E-state index contributed by atoms with van der Waals surface area (Å²) >= 11 is 0. The van der Waals surface area contributed by atoms with E-state index < -0.39 is 0 Å². The third-order valence-corrected chi connectivity index (χ3v) is 6.43. The minimum atomic E-state index is -0.136. The summed E-state index contributed by atoms with van der Waals surface area (Å²) in [6.07, 6.45) is 8.19. The van der Waals surface area contributed by atoms with Gasteiger partial charge < -0.3 is 20.1 Å².